The number of pyridine rings is 1. The van der Waals surface area contributed by atoms with Crippen LogP contribution in [0.3, 0.4) is 0 Å². The van der Waals surface area contributed by atoms with Gasteiger partial charge < -0.3 is 16.2 Å². The summed E-state index contributed by atoms with van der Waals surface area (Å²) in [6, 6.07) is 5.52. The van der Waals surface area contributed by atoms with Gasteiger partial charge in [0.1, 0.15) is 17.1 Å². The molecule has 8 nitrogen and oxygen atoms in total. The summed E-state index contributed by atoms with van der Waals surface area (Å²) in [5.74, 6) is -2.34. The topological polar surface area (TPSA) is 117 Å². The van der Waals surface area contributed by atoms with Gasteiger partial charge in [0.05, 0.1) is 16.3 Å². The number of carboxylic acid groups (broad SMARTS) is 1. The lowest BCUT2D eigenvalue weighted by Crippen LogP contribution is -2.71. The van der Waals surface area contributed by atoms with Crippen molar-refractivity contribution in [3.05, 3.63) is 70.1 Å². The number of hydrogen-bond donors (Lipinski definition) is 3. The maximum Gasteiger partial charge on any atom is 0.416 e. The number of amides is 2. The summed E-state index contributed by atoms with van der Waals surface area (Å²) in [6.45, 7) is 0.580. The summed E-state index contributed by atoms with van der Waals surface area (Å²) in [5, 5.41) is 11.9. The number of halogens is 4. The average Bonchev–Trinajstić information content (AvgIpc) is 2.85. The van der Waals surface area contributed by atoms with Crippen LogP contribution < -0.4 is 15.6 Å². The smallest absolute Gasteiger partial charge is 0.416 e. The summed E-state index contributed by atoms with van der Waals surface area (Å²) in [5.41, 5.74) is 6.08. The van der Waals surface area contributed by atoms with Crippen LogP contribution in [0.25, 0.3) is 0 Å². The van der Waals surface area contributed by atoms with Crippen LogP contribution in [-0.2, 0) is 33.6 Å². The molecule has 0 saturated carbocycles. The molecule has 1 aromatic heterocycles. The van der Waals surface area contributed by atoms with Crippen molar-refractivity contribution in [3.63, 3.8) is 0 Å². The van der Waals surface area contributed by atoms with Crippen molar-refractivity contribution in [2.75, 3.05) is 11.5 Å². The molecular weight excluding hydrogens is 553 g/mol. The number of benzene rings is 1. The van der Waals surface area contributed by atoms with Crippen molar-refractivity contribution in [2.45, 2.75) is 35.6 Å². The minimum absolute atomic E-state index is 0.0677. The van der Waals surface area contributed by atoms with Gasteiger partial charge in [0.2, 0.25) is 5.91 Å². The molecule has 0 aliphatic carbocycles. The molecule has 14 heteroatoms. The fraction of sp³-hybridized carbons (Fsp3) is 0.304. The van der Waals surface area contributed by atoms with Gasteiger partial charge in [-0.25, -0.2) is 9.36 Å². The molecule has 2 amide bonds. The number of hydrogen-bond acceptors (Lipinski definition) is 6. The summed E-state index contributed by atoms with van der Waals surface area (Å²) in [6.07, 6.45) is -0.974. The third kappa shape index (κ3) is 5.89. The molecule has 2 aliphatic rings. The van der Waals surface area contributed by atoms with Gasteiger partial charge in [0.15, 0.2) is 18.9 Å². The molecule has 2 aliphatic heterocycles. The monoisotopic (exact) mass is 573 g/mol. The molecule has 196 valence electrons. The van der Waals surface area contributed by atoms with Gasteiger partial charge in [-0.2, -0.15) is 13.2 Å². The third-order valence-corrected chi connectivity index (χ3v) is 8.55. The fourth-order valence-electron chi connectivity index (χ4n) is 3.97. The predicted molar refractivity (Wildman–Crippen MR) is 131 cm³/mol. The van der Waals surface area contributed by atoms with E-state index in [0.29, 0.717) is 17.9 Å². The Hall–Kier alpha value is -2.74. The van der Waals surface area contributed by atoms with E-state index in [4.69, 9.17) is 17.3 Å². The van der Waals surface area contributed by atoms with E-state index >= 15 is 0 Å². The first-order chi connectivity index (χ1) is 17.5. The maximum atomic E-state index is 13.0. The Balaban J connectivity index is 1.42. The van der Waals surface area contributed by atoms with Crippen LogP contribution in [0.5, 0.6) is 0 Å². The molecule has 1 aromatic carbocycles. The lowest BCUT2D eigenvalue weighted by Gasteiger charge is -2.49. The number of carboxylic acids is 1. The van der Waals surface area contributed by atoms with Crippen molar-refractivity contribution in [3.8, 4) is 0 Å². The largest absolute Gasteiger partial charge is 0.477 e. The van der Waals surface area contributed by atoms with E-state index in [-0.39, 0.29) is 27.9 Å². The average molecular weight is 574 g/mol. The number of carbonyl (C=O) groups excluding carboxylic acids is 2. The van der Waals surface area contributed by atoms with Crippen LogP contribution in [0.1, 0.15) is 11.1 Å². The lowest BCUT2D eigenvalue weighted by molar-refractivity contribution is -0.689. The van der Waals surface area contributed by atoms with Crippen molar-refractivity contribution in [1.82, 2.24) is 10.2 Å². The number of rotatable bonds is 8. The van der Waals surface area contributed by atoms with Gasteiger partial charge in [-0.05, 0) is 24.3 Å². The normalized spacial score (nSPS) is 19.4. The summed E-state index contributed by atoms with van der Waals surface area (Å²) in [4.78, 5) is 38.7. The highest BCUT2D eigenvalue weighted by Crippen LogP contribution is 2.41. The second-order valence-corrected chi connectivity index (χ2v) is 10.8. The Bertz CT molecular complexity index is 1290. The van der Waals surface area contributed by atoms with Crippen LogP contribution in [0.2, 0.25) is 5.02 Å². The van der Waals surface area contributed by atoms with E-state index in [2.05, 4.69) is 5.32 Å². The minimum atomic E-state index is -4.55. The van der Waals surface area contributed by atoms with Crippen molar-refractivity contribution in [2.24, 2.45) is 5.73 Å². The SMILES string of the molecule is NCc1ccc[n+](CC2=C(C(=O)O)N3C(=O)[C@@H](NC(=O)CSc4cc(C(F)(F)F)ccc4Cl)[C@H]3SC2)c1. The van der Waals surface area contributed by atoms with E-state index in [1.807, 2.05) is 6.07 Å². The Morgan fingerprint density at radius 2 is 2.08 bits per heavy atom. The fourth-order valence-corrected chi connectivity index (χ4v) is 6.37. The van der Waals surface area contributed by atoms with E-state index < -0.39 is 40.9 Å². The minimum Gasteiger partial charge on any atom is -0.477 e. The molecule has 4 rings (SSSR count). The van der Waals surface area contributed by atoms with Crippen LogP contribution in [0.15, 0.2) is 58.9 Å². The molecule has 37 heavy (non-hydrogen) atoms. The van der Waals surface area contributed by atoms with Gasteiger partial charge >= 0.3 is 12.1 Å². The van der Waals surface area contributed by atoms with E-state index in [1.165, 1.54) is 16.7 Å². The Morgan fingerprint density at radius 3 is 2.76 bits per heavy atom. The van der Waals surface area contributed by atoms with E-state index in [0.717, 1.165) is 35.5 Å². The van der Waals surface area contributed by atoms with Gasteiger partial charge in [-0.3, -0.25) is 14.5 Å². The second-order valence-electron chi connectivity index (χ2n) is 8.23. The molecule has 3 heterocycles. The van der Waals surface area contributed by atoms with Crippen molar-refractivity contribution >= 4 is 52.9 Å². The molecule has 2 aromatic rings. The molecule has 1 fully saturated rings. The van der Waals surface area contributed by atoms with Crippen LogP contribution in [0.4, 0.5) is 13.2 Å². The predicted octanol–water partition coefficient (Wildman–Crippen LogP) is 2.64. The van der Waals surface area contributed by atoms with Gasteiger partial charge in [-0.1, -0.05) is 11.6 Å². The molecule has 2 atom stereocenters. The van der Waals surface area contributed by atoms with Crippen molar-refractivity contribution in [1.29, 1.82) is 0 Å². The highest BCUT2D eigenvalue weighted by molar-refractivity contribution is 8.00. The molecule has 0 spiro atoms. The second kappa shape index (κ2) is 10.9. The molecule has 0 radical (unpaired) electrons. The zero-order chi connectivity index (χ0) is 26.9. The van der Waals surface area contributed by atoms with Crippen LogP contribution in [-0.4, -0.2) is 50.7 Å². The van der Waals surface area contributed by atoms with Gasteiger partial charge in [0.25, 0.3) is 5.91 Å². The highest BCUT2D eigenvalue weighted by Gasteiger charge is 2.54. The summed E-state index contributed by atoms with van der Waals surface area (Å²) < 4.78 is 40.7. The van der Waals surface area contributed by atoms with Gasteiger partial charge in [0, 0.05) is 34.4 Å². The number of aliphatic carboxylic acids is 1. The zero-order valence-electron chi connectivity index (χ0n) is 19.0. The number of thioether (sulfide) groups is 2. The Kier molecular flexibility index (Phi) is 8.07. The van der Waals surface area contributed by atoms with Crippen LogP contribution in [0, 0.1) is 0 Å². The third-order valence-electron chi connectivity index (χ3n) is 5.71. The number of nitrogens with two attached hydrogens (primary N) is 1. The number of alkyl halides is 3. The number of fused-ring (bicyclic) bond motifs is 1. The highest BCUT2D eigenvalue weighted by atomic mass is 35.5. The number of aromatic nitrogens is 1. The molecule has 0 unspecified atom stereocenters. The standard InChI is InChI=1S/C23H20ClF3N4O4S2/c24-15-4-3-14(23(25,26)27)6-16(15)36-11-17(32)29-18-20(33)31-19(22(34)35)13(10-37-21(18)31)9-30-5-1-2-12(7-28)8-30/h1-6,8,18,21H,7,9-11,28H2,(H-,29,32,34,35)/p+1/t18-,21-/m1/s1. The number of β-lactam (4-membered cyclic amide) rings is 1. The first-order valence-corrected chi connectivity index (χ1v) is 13.3. The zero-order valence-corrected chi connectivity index (χ0v) is 21.4. The molecule has 0 bridgehead atoms. The molecular formula is C23H21ClF3N4O4S2+. The quantitative estimate of drug-likeness (QED) is 0.252. The summed E-state index contributed by atoms with van der Waals surface area (Å²) >= 11 is 8.11. The van der Waals surface area contributed by atoms with E-state index in [9.17, 15) is 32.7 Å². The molecule has 1 saturated heterocycles. The lowest BCUT2D eigenvalue weighted by atomic mass is 10.0. The number of nitrogens with zero attached hydrogens (tertiary/aromatic N) is 2. The van der Waals surface area contributed by atoms with Crippen molar-refractivity contribution < 1.29 is 37.2 Å². The number of carbonyl (C=O) groups is 3. The van der Waals surface area contributed by atoms with E-state index in [1.54, 1.807) is 23.0 Å². The van der Waals surface area contributed by atoms with Gasteiger partial charge in [-0.15, -0.1) is 23.5 Å². The Morgan fingerprint density at radius 1 is 1.32 bits per heavy atom. The first-order valence-electron chi connectivity index (χ1n) is 10.9. The summed E-state index contributed by atoms with van der Waals surface area (Å²) in [7, 11) is 0. The molecule has 4 N–H and O–H groups in total. The Labute approximate surface area is 223 Å². The first kappa shape index (κ1) is 27.3. The van der Waals surface area contributed by atoms with Crippen LogP contribution >= 0.6 is 35.1 Å². The number of nitrogens with one attached hydrogen (secondary N) is 1. The maximum absolute atomic E-state index is 13.0.